The van der Waals surface area contributed by atoms with Crippen molar-refractivity contribution in [3.63, 3.8) is 0 Å². The second kappa shape index (κ2) is 6.13. The monoisotopic (exact) mass is 350 g/mol. The van der Waals surface area contributed by atoms with Crippen molar-refractivity contribution in [2.24, 2.45) is 0 Å². The van der Waals surface area contributed by atoms with Crippen LogP contribution in [0.15, 0.2) is 54.6 Å². The third-order valence-corrected chi connectivity index (χ3v) is 3.67. The van der Waals surface area contributed by atoms with Crippen LogP contribution in [0.4, 0.5) is 13.2 Å². The second-order valence-corrected chi connectivity index (χ2v) is 5.48. The first kappa shape index (κ1) is 16.3. The molecular weight excluding hydrogens is 341 g/mol. The van der Waals surface area contributed by atoms with Crippen LogP contribution in [0.1, 0.15) is 16.1 Å². The molecule has 24 heavy (non-hydrogen) atoms. The smallest absolute Gasteiger partial charge is 0.296 e. The summed E-state index contributed by atoms with van der Waals surface area (Å²) < 4.78 is 39.8. The molecule has 122 valence electrons. The Balaban J connectivity index is 2.08. The van der Waals surface area contributed by atoms with Crippen LogP contribution in [0, 0.1) is 0 Å². The molecule has 3 aromatic rings. The van der Waals surface area contributed by atoms with E-state index in [0.29, 0.717) is 22.6 Å². The van der Waals surface area contributed by atoms with E-state index >= 15 is 0 Å². The van der Waals surface area contributed by atoms with Crippen LogP contribution in [-0.2, 0) is 6.18 Å². The van der Waals surface area contributed by atoms with E-state index in [0.717, 1.165) is 12.1 Å². The lowest BCUT2D eigenvalue weighted by Gasteiger charge is -2.09. The van der Waals surface area contributed by atoms with E-state index in [9.17, 15) is 18.0 Å². The predicted molar refractivity (Wildman–Crippen MR) is 84.4 cm³/mol. The second-order valence-electron chi connectivity index (χ2n) is 5.04. The van der Waals surface area contributed by atoms with Crippen LogP contribution in [-0.4, -0.2) is 16.1 Å². The van der Waals surface area contributed by atoms with Gasteiger partial charge in [-0.25, -0.2) is 4.68 Å². The fraction of sp³-hybridized carbons (Fsp3) is 0.0588. The molecule has 0 aliphatic heterocycles. The first-order valence-corrected chi connectivity index (χ1v) is 7.25. The quantitative estimate of drug-likeness (QED) is 0.621. The van der Waals surface area contributed by atoms with Gasteiger partial charge in [-0.05, 0) is 36.4 Å². The van der Waals surface area contributed by atoms with Crippen molar-refractivity contribution in [3.8, 4) is 16.9 Å². The Hall–Kier alpha value is -2.60. The minimum absolute atomic E-state index is 0.152. The van der Waals surface area contributed by atoms with E-state index in [1.54, 1.807) is 24.3 Å². The van der Waals surface area contributed by atoms with Gasteiger partial charge in [0.2, 0.25) is 0 Å². The van der Waals surface area contributed by atoms with Crippen molar-refractivity contribution < 1.29 is 18.0 Å². The standard InChI is InChI=1S/C17H10ClF3N2O/c18-13-6-4-11(5-7-13)16-9-15(10-24)23(22-16)14-3-1-2-12(8-14)17(19,20)21/h1-10H. The minimum Gasteiger partial charge on any atom is -0.296 e. The van der Waals surface area contributed by atoms with Crippen molar-refractivity contribution >= 4 is 17.9 Å². The highest BCUT2D eigenvalue weighted by Gasteiger charge is 2.30. The molecule has 0 bridgehead atoms. The minimum atomic E-state index is -4.47. The van der Waals surface area contributed by atoms with Crippen molar-refractivity contribution in [2.75, 3.05) is 0 Å². The average molecular weight is 351 g/mol. The summed E-state index contributed by atoms with van der Waals surface area (Å²) in [4.78, 5) is 11.3. The third kappa shape index (κ3) is 3.19. The van der Waals surface area contributed by atoms with E-state index in [2.05, 4.69) is 5.10 Å². The van der Waals surface area contributed by atoms with E-state index < -0.39 is 11.7 Å². The van der Waals surface area contributed by atoms with Crippen LogP contribution in [0.3, 0.4) is 0 Å². The number of rotatable bonds is 3. The average Bonchev–Trinajstić information content (AvgIpc) is 2.99. The Morgan fingerprint density at radius 1 is 1.04 bits per heavy atom. The van der Waals surface area contributed by atoms with Crippen molar-refractivity contribution in [1.29, 1.82) is 0 Å². The summed E-state index contributed by atoms with van der Waals surface area (Å²) in [6.45, 7) is 0. The molecule has 0 unspecified atom stereocenters. The summed E-state index contributed by atoms with van der Waals surface area (Å²) in [5.74, 6) is 0. The lowest BCUT2D eigenvalue weighted by molar-refractivity contribution is -0.137. The topological polar surface area (TPSA) is 34.9 Å². The Labute approximate surface area is 140 Å². The highest BCUT2D eigenvalue weighted by Crippen LogP contribution is 2.31. The largest absolute Gasteiger partial charge is 0.416 e. The third-order valence-electron chi connectivity index (χ3n) is 3.42. The molecule has 0 amide bonds. The SMILES string of the molecule is O=Cc1cc(-c2ccc(Cl)cc2)nn1-c1cccc(C(F)(F)F)c1. The molecule has 1 heterocycles. The molecule has 0 radical (unpaired) electrons. The van der Waals surface area contributed by atoms with Gasteiger partial charge in [0.05, 0.1) is 16.9 Å². The first-order valence-electron chi connectivity index (χ1n) is 6.87. The van der Waals surface area contributed by atoms with Crippen molar-refractivity contribution in [3.05, 3.63) is 70.9 Å². The lowest BCUT2D eigenvalue weighted by Crippen LogP contribution is -2.07. The van der Waals surface area contributed by atoms with Crippen LogP contribution in [0.25, 0.3) is 16.9 Å². The number of nitrogens with zero attached hydrogens (tertiary/aromatic N) is 2. The van der Waals surface area contributed by atoms with Gasteiger partial charge in [0.1, 0.15) is 5.69 Å². The highest BCUT2D eigenvalue weighted by molar-refractivity contribution is 6.30. The summed E-state index contributed by atoms with van der Waals surface area (Å²) in [6, 6.07) is 12.9. The zero-order valence-electron chi connectivity index (χ0n) is 12.1. The number of carbonyl (C=O) groups is 1. The molecule has 1 aromatic heterocycles. The number of halogens is 4. The summed E-state index contributed by atoms with van der Waals surface area (Å²) in [7, 11) is 0. The number of alkyl halides is 3. The van der Waals surface area contributed by atoms with Gasteiger partial charge in [0.25, 0.3) is 0 Å². The van der Waals surface area contributed by atoms with Gasteiger partial charge in [-0.1, -0.05) is 29.8 Å². The molecule has 2 aromatic carbocycles. The summed E-state index contributed by atoms with van der Waals surface area (Å²) >= 11 is 5.83. The van der Waals surface area contributed by atoms with E-state index in [1.807, 2.05) is 0 Å². The normalized spacial score (nSPS) is 11.5. The zero-order chi connectivity index (χ0) is 17.3. The number of benzene rings is 2. The molecule has 0 saturated heterocycles. The molecule has 0 fully saturated rings. The van der Waals surface area contributed by atoms with Gasteiger partial charge in [-0.2, -0.15) is 18.3 Å². The number of hydrogen-bond acceptors (Lipinski definition) is 2. The number of hydrogen-bond donors (Lipinski definition) is 0. The predicted octanol–water partition coefficient (Wildman–Crippen LogP) is 5.02. The molecule has 3 nitrogen and oxygen atoms in total. The molecule has 7 heteroatoms. The van der Waals surface area contributed by atoms with Crippen molar-refractivity contribution in [1.82, 2.24) is 9.78 Å². The molecule has 3 rings (SSSR count). The van der Waals surface area contributed by atoms with Gasteiger partial charge in [0.15, 0.2) is 6.29 Å². The maximum absolute atomic E-state index is 12.9. The zero-order valence-corrected chi connectivity index (χ0v) is 12.8. The van der Waals surface area contributed by atoms with Gasteiger partial charge in [0, 0.05) is 10.6 Å². The first-order chi connectivity index (χ1) is 11.4. The van der Waals surface area contributed by atoms with Gasteiger partial charge in [-0.3, -0.25) is 4.79 Å². The van der Waals surface area contributed by atoms with Crippen LogP contribution < -0.4 is 0 Å². The Bertz CT molecular complexity index is 886. The van der Waals surface area contributed by atoms with Gasteiger partial charge >= 0.3 is 6.18 Å². The Morgan fingerprint density at radius 3 is 2.38 bits per heavy atom. The molecule has 0 aliphatic rings. The number of aromatic nitrogens is 2. The maximum atomic E-state index is 12.9. The molecule has 0 saturated carbocycles. The molecule has 0 spiro atoms. The maximum Gasteiger partial charge on any atom is 0.416 e. The Morgan fingerprint density at radius 2 is 1.75 bits per heavy atom. The molecular formula is C17H10ClF3N2O. The van der Waals surface area contributed by atoms with E-state index in [-0.39, 0.29) is 11.4 Å². The van der Waals surface area contributed by atoms with Crippen molar-refractivity contribution in [2.45, 2.75) is 6.18 Å². The fourth-order valence-corrected chi connectivity index (χ4v) is 2.39. The van der Waals surface area contributed by atoms with E-state index in [1.165, 1.54) is 22.9 Å². The molecule has 0 aliphatic carbocycles. The van der Waals surface area contributed by atoms with Crippen LogP contribution in [0.5, 0.6) is 0 Å². The summed E-state index contributed by atoms with van der Waals surface area (Å²) in [5.41, 5.74) is 0.672. The van der Waals surface area contributed by atoms with Gasteiger partial charge < -0.3 is 0 Å². The van der Waals surface area contributed by atoms with Gasteiger partial charge in [-0.15, -0.1) is 0 Å². The fourth-order valence-electron chi connectivity index (χ4n) is 2.26. The highest BCUT2D eigenvalue weighted by atomic mass is 35.5. The molecule has 0 atom stereocenters. The summed E-state index contributed by atoms with van der Waals surface area (Å²) in [6.07, 6.45) is -3.92. The number of aldehydes is 1. The van der Waals surface area contributed by atoms with Crippen LogP contribution >= 0.6 is 11.6 Å². The number of carbonyl (C=O) groups excluding carboxylic acids is 1. The summed E-state index contributed by atoms with van der Waals surface area (Å²) in [5, 5.41) is 4.80. The van der Waals surface area contributed by atoms with Crippen LogP contribution in [0.2, 0.25) is 5.02 Å². The van der Waals surface area contributed by atoms with E-state index in [4.69, 9.17) is 11.6 Å². The Kier molecular flexibility index (Phi) is 4.15. The lowest BCUT2D eigenvalue weighted by atomic mass is 10.1. The molecule has 0 N–H and O–H groups in total.